The Morgan fingerprint density at radius 1 is 1.56 bits per heavy atom. The lowest BCUT2D eigenvalue weighted by atomic mass is 10.2. The highest BCUT2D eigenvalue weighted by Gasteiger charge is 1.91. The van der Waals surface area contributed by atoms with Crippen molar-refractivity contribution < 1.29 is 9.90 Å². The second-order valence-corrected chi connectivity index (χ2v) is 3.42. The number of rotatable bonds is 5. The third-order valence-corrected chi connectivity index (χ3v) is 2.00. The van der Waals surface area contributed by atoms with E-state index >= 15 is 0 Å². The number of carbonyl (C=O) groups is 1. The summed E-state index contributed by atoms with van der Waals surface area (Å²) in [5, 5.41) is 11.5. The fourth-order valence-electron chi connectivity index (χ4n) is 1.16. The van der Waals surface area contributed by atoms with Gasteiger partial charge in [-0.15, -0.1) is 0 Å². The smallest absolute Gasteiger partial charge is 0.216 e. The van der Waals surface area contributed by atoms with E-state index in [-0.39, 0.29) is 12.5 Å². The van der Waals surface area contributed by atoms with E-state index in [1.165, 1.54) is 6.92 Å². The van der Waals surface area contributed by atoms with E-state index in [4.69, 9.17) is 5.11 Å². The van der Waals surface area contributed by atoms with Crippen LogP contribution in [0.3, 0.4) is 0 Å². The first-order valence-corrected chi connectivity index (χ1v) is 5.19. The number of amides is 1. The molecule has 0 aliphatic heterocycles. The number of hydrogen-bond acceptors (Lipinski definition) is 3. The number of nitrogens with one attached hydrogen (secondary N) is 1. The molecule has 0 fully saturated rings. The molecular weight excluding hydrogens is 204 g/mol. The monoisotopic (exact) mass is 220 g/mol. The van der Waals surface area contributed by atoms with Crippen molar-refractivity contribution in [3.8, 4) is 0 Å². The maximum Gasteiger partial charge on any atom is 0.216 e. The fraction of sp³-hybridized carbons (Fsp3) is 0.333. The summed E-state index contributed by atoms with van der Waals surface area (Å²) >= 11 is 0. The third kappa shape index (κ3) is 4.70. The van der Waals surface area contributed by atoms with Gasteiger partial charge in [-0.2, -0.15) is 0 Å². The molecule has 0 radical (unpaired) electrons. The van der Waals surface area contributed by atoms with Crippen LogP contribution in [-0.2, 0) is 11.4 Å². The van der Waals surface area contributed by atoms with Crippen LogP contribution in [-0.4, -0.2) is 22.5 Å². The maximum atomic E-state index is 10.6. The van der Waals surface area contributed by atoms with Crippen molar-refractivity contribution in [1.29, 1.82) is 0 Å². The molecule has 86 valence electrons. The predicted molar refractivity (Wildman–Crippen MR) is 62.5 cm³/mol. The molecule has 0 unspecified atom stereocenters. The third-order valence-electron chi connectivity index (χ3n) is 2.00. The van der Waals surface area contributed by atoms with Crippen molar-refractivity contribution in [3.05, 3.63) is 35.7 Å². The molecule has 0 aromatic carbocycles. The standard InChI is InChI=1S/C12H16N2O2/c1-10(16)13-7-3-2-4-12-6-5-11(9-15)8-14-12/h2,4-6,8,15H,3,7,9H2,1H3,(H,13,16). The Morgan fingerprint density at radius 3 is 2.94 bits per heavy atom. The van der Waals surface area contributed by atoms with E-state index in [0.29, 0.717) is 6.54 Å². The second-order valence-electron chi connectivity index (χ2n) is 3.42. The summed E-state index contributed by atoms with van der Waals surface area (Å²) in [5.74, 6) is -0.0150. The lowest BCUT2D eigenvalue weighted by Gasteiger charge is -1.98. The van der Waals surface area contributed by atoms with Crippen LogP contribution in [0.15, 0.2) is 24.4 Å². The van der Waals surface area contributed by atoms with Gasteiger partial charge in [0.1, 0.15) is 0 Å². The largest absolute Gasteiger partial charge is 0.392 e. The number of nitrogens with zero attached hydrogens (tertiary/aromatic N) is 1. The van der Waals surface area contributed by atoms with Gasteiger partial charge >= 0.3 is 0 Å². The molecule has 1 aromatic heterocycles. The Hall–Kier alpha value is -1.68. The SMILES string of the molecule is CC(=O)NCCC=Cc1ccc(CO)cn1. The molecule has 0 bridgehead atoms. The molecule has 1 heterocycles. The van der Waals surface area contributed by atoms with Crippen molar-refractivity contribution in [2.75, 3.05) is 6.54 Å². The maximum absolute atomic E-state index is 10.6. The number of aliphatic hydroxyl groups excluding tert-OH is 1. The first kappa shape index (κ1) is 12.4. The Balaban J connectivity index is 2.35. The van der Waals surface area contributed by atoms with Crippen LogP contribution in [0.4, 0.5) is 0 Å². The van der Waals surface area contributed by atoms with Crippen LogP contribution in [0.2, 0.25) is 0 Å². The van der Waals surface area contributed by atoms with Gasteiger partial charge in [-0.3, -0.25) is 9.78 Å². The summed E-state index contributed by atoms with van der Waals surface area (Å²) in [5.41, 5.74) is 1.65. The van der Waals surface area contributed by atoms with Crippen LogP contribution in [0.25, 0.3) is 6.08 Å². The Morgan fingerprint density at radius 2 is 2.38 bits per heavy atom. The number of aliphatic hydroxyl groups is 1. The summed E-state index contributed by atoms with van der Waals surface area (Å²) in [4.78, 5) is 14.7. The van der Waals surface area contributed by atoms with Crippen molar-refractivity contribution in [2.45, 2.75) is 20.0 Å². The molecule has 0 aliphatic rings. The average molecular weight is 220 g/mol. The highest BCUT2D eigenvalue weighted by molar-refractivity contribution is 5.72. The Labute approximate surface area is 95.0 Å². The number of hydrogen-bond donors (Lipinski definition) is 2. The van der Waals surface area contributed by atoms with E-state index in [0.717, 1.165) is 17.7 Å². The quantitative estimate of drug-likeness (QED) is 0.731. The molecule has 16 heavy (non-hydrogen) atoms. The van der Waals surface area contributed by atoms with Crippen molar-refractivity contribution in [3.63, 3.8) is 0 Å². The van der Waals surface area contributed by atoms with Crippen LogP contribution < -0.4 is 5.32 Å². The minimum Gasteiger partial charge on any atom is -0.392 e. The molecule has 0 spiro atoms. The van der Waals surface area contributed by atoms with E-state index < -0.39 is 0 Å². The van der Waals surface area contributed by atoms with Gasteiger partial charge in [-0.05, 0) is 24.1 Å². The molecule has 1 amide bonds. The molecular formula is C12H16N2O2. The number of aromatic nitrogens is 1. The Bertz CT molecular complexity index is 358. The van der Waals surface area contributed by atoms with Crippen molar-refractivity contribution in [1.82, 2.24) is 10.3 Å². The van der Waals surface area contributed by atoms with Gasteiger partial charge in [0.15, 0.2) is 0 Å². The predicted octanol–water partition coefficient (Wildman–Crippen LogP) is 1.11. The van der Waals surface area contributed by atoms with Gasteiger partial charge in [-0.1, -0.05) is 12.1 Å². The molecule has 2 N–H and O–H groups in total. The normalized spacial score (nSPS) is 10.6. The topological polar surface area (TPSA) is 62.2 Å². The second kappa shape index (κ2) is 6.74. The Kier molecular flexibility index (Phi) is 5.22. The van der Waals surface area contributed by atoms with Gasteiger partial charge in [0.25, 0.3) is 0 Å². The molecule has 0 saturated carbocycles. The summed E-state index contributed by atoms with van der Waals surface area (Å²) in [6, 6.07) is 3.68. The average Bonchev–Trinajstić information content (AvgIpc) is 2.29. The van der Waals surface area contributed by atoms with Crippen molar-refractivity contribution >= 4 is 12.0 Å². The first-order chi connectivity index (χ1) is 7.72. The summed E-state index contributed by atoms with van der Waals surface area (Å²) in [6.45, 7) is 2.15. The first-order valence-electron chi connectivity index (χ1n) is 5.19. The van der Waals surface area contributed by atoms with E-state index in [1.807, 2.05) is 24.3 Å². The number of carbonyl (C=O) groups excluding carboxylic acids is 1. The zero-order valence-corrected chi connectivity index (χ0v) is 9.31. The lowest BCUT2D eigenvalue weighted by Crippen LogP contribution is -2.20. The molecule has 1 rings (SSSR count). The molecule has 4 nitrogen and oxygen atoms in total. The van der Waals surface area contributed by atoms with Gasteiger partial charge in [0.2, 0.25) is 5.91 Å². The number of pyridine rings is 1. The zero-order chi connectivity index (χ0) is 11.8. The molecule has 0 aliphatic carbocycles. The van der Waals surface area contributed by atoms with E-state index in [2.05, 4.69) is 10.3 Å². The minimum absolute atomic E-state index is 0.0134. The van der Waals surface area contributed by atoms with E-state index in [1.54, 1.807) is 6.20 Å². The molecule has 1 aromatic rings. The molecule has 0 atom stereocenters. The van der Waals surface area contributed by atoms with Crippen molar-refractivity contribution in [2.24, 2.45) is 0 Å². The summed E-state index contributed by atoms with van der Waals surface area (Å²) < 4.78 is 0. The summed E-state index contributed by atoms with van der Waals surface area (Å²) in [7, 11) is 0. The zero-order valence-electron chi connectivity index (χ0n) is 9.31. The van der Waals surface area contributed by atoms with Gasteiger partial charge < -0.3 is 10.4 Å². The van der Waals surface area contributed by atoms with Crippen LogP contribution in [0.5, 0.6) is 0 Å². The highest BCUT2D eigenvalue weighted by Crippen LogP contribution is 2.02. The summed E-state index contributed by atoms with van der Waals surface area (Å²) in [6.07, 6.45) is 6.27. The van der Waals surface area contributed by atoms with Gasteiger partial charge in [0, 0.05) is 19.7 Å². The fourth-order valence-corrected chi connectivity index (χ4v) is 1.16. The van der Waals surface area contributed by atoms with Gasteiger partial charge in [-0.25, -0.2) is 0 Å². The minimum atomic E-state index is -0.0150. The van der Waals surface area contributed by atoms with Crippen LogP contribution in [0, 0.1) is 0 Å². The molecule has 0 saturated heterocycles. The lowest BCUT2D eigenvalue weighted by molar-refractivity contribution is -0.118. The van der Waals surface area contributed by atoms with Crippen LogP contribution in [0.1, 0.15) is 24.6 Å². The van der Waals surface area contributed by atoms with Gasteiger partial charge in [0.05, 0.1) is 12.3 Å². The van der Waals surface area contributed by atoms with Crippen LogP contribution >= 0.6 is 0 Å². The van der Waals surface area contributed by atoms with E-state index in [9.17, 15) is 4.79 Å². The molecule has 4 heteroatoms. The highest BCUT2D eigenvalue weighted by atomic mass is 16.3.